The standard InChI is InChI=1S/C18H15N3O3/c1-12-3-7-15(8-4-12)20-18(22)17(13(2)19-20)11-14-5-9-16(10-6-14)21(23)24/h3-11H,1-2H3. The quantitative estimate of drug-likeness (QED) is 0.491. The number of aryl methyl sites for hydroxylation is 1. The Kier molecular flexibility index (Phi) is 3.95. The summed E-state index contributed by atoms with van der Waals surface area (Å²) >= 11 is 0. The summed E-state index contributed by atoms with van der Waals surface area (Å²) in [5.41, 5.74) is 3.62. The summed E-state index contributed by atoms with van der Waals surface area (Å²) in [5.74, 6) is -0.213. The third-order valence-electron chi connectivity index (χ3n) is 3.76. The SMILES string of the molecule is CC1=NN(c2ccc(C)cc2)C(=O)C1=Cc1ccc([N+](=O)[O-])cc1. The molecule has 1 heterocycles. The lowest BCUT2D eigenvalue weighted by molar-refractivity contribution is -0.384. The second kappa shape index (κ2) is 6.08. The van der Waals surface area contributed by atoms with Crippen LogP contribution in [-0.4, -0.2) is 16.5 Å². The number of hydrogen-bond donors (Lipinski definition) is 0. The maximum absolute atomic E-state index is 12.6. The van der Waals surface area contributed by atoms with E-state index in [1.165, 1.54) is 17.1 Å². The first-order chi connectivity index (χ1) is 11.5. The molecule has 6 heteroatoms. The molecule has 1 amide bonds. The van der Waals surface area contributed by atoms with Gasteiger partial charge in [0.15, 0.2) is 0 Å². The van der Waals surface area contributed by atoms with Gasteiger partial charge in [-0.2, -0.15) is 10.1 Å². The molecule has 0 saturated carbocycles. The molecule has 0 saturated heterocycles. The van der Waals surface area contributed by atoms with E-state index in [2.05, 4.69) is 5.10 Å². The fourth-order valence-corrected chi connectivity index (χ4v) is 2.40. The van der Waals surface area contributed by atoms with E-state index in [1.54, 1.807) is 25.1 Å². The summed E-state index contributed by atoms with van der Waals surface area (Å²) in [6.07, 6.45) is 1.69. The van der Waals surface area contributed by atoms with Crippen LogP contribution < -0.4 is 5.01 Å². The van der Waals surface area contributed by atoms with Crippen LogP contribution in [0.5, 0.6) is 0 Å². The number of hydrogen-bond acceptors (Lipinski definition) is 4. The van der Waals surface area contributed by atoms with Gasteiger partial charge in [-0.05, 0) is 49.8 Å². The van der Waals surface area contributed by atoms with Crippen molar-refractivity contribution in [2.75, 3.05) is 5.01 Å². The van der Waals surface area contributed by atoms with Crippen LogP contribution >= 0.6 is 0 Å². The fraction of sp³-hybridized carbons (Fsp3) is 0.111. The molecular formula is C18H15N3O3. The number of rotatable bonds is 3. The molecule has 0 N–H and O–H groups in total. The summed E-state index contributed by atoms with van der Waals surface area (Å²) in [4.78, 5) is 22.9. The van der Waals surface area contributed by atoms with Crippen molar-refractivity contribution in [3.05, 3.63) is 75.3 Å². The summed E-state index contributed by atoms with van der Waals surface area (Å²) in [6, 6.07) is 13.6. The van der Waals surface area contributed by atoms with Gasteiger partial charge in [-0.1, -0.05) is 17.7 Å². The number of amides is 1. The van der Waals surface area contributed by atoms with Crippen LogP contribution in [0.15, 0.2) is 59.2 Å². The zero-order valence-electron chi connectivity index (χ0n) is 13.3. The average Bonchev–Trinajstić information content (AvgIpc) is 2.84. The summed E-state index contributed by atoms with van der Waals surface area (Å²) in [7, 11) is 0. The van der Waals surface area contributed by atoms with Crippen molar-refractivity contribution in [2.24, 2.45) is 5.10 Å². The molecule has 0 fully saturated rings. The van der Waals surface area contributed by atoms with Crippen molar-refractivity contribution in [2.45, 2.75) is 13.8 Å². The highest BCUT2D eigenvalue weighted by molar-refractivity contribution is 6.32. The average molecular weight is 321 g/mol. The maximum atomic E-state index is 12.6. The second-order valence-corrected chi connectivity index (χ2v) is 5.54. The molecule has 0 radical (unpaired) electrons. The Hall–Kier alpha value is -3.28. The minimum absolute atomic E-state index is 0.0153. The predicted octanol–water partition coefficient (Wildman–Crippen LogP) is 3.71. The number of hydrazone groups is 1. The second-order valence-electron chi connectivity index (χ2n) is 5.54. The molecule has 0 spiro atoms. The van der Waals surface area contributed by atoms with Gasteiger partial charge >= 0.3 is 0 Å². The molecule has 0 aliphatic carbocycles. The molecular weight excluding hydrogens is 306 g/mol. The molecule has 0 atom stereocenters. The highest BCUT2D eigenvalue weighted by Crippen LogP contribution is 2.25. The minimum atomic E-state index is -0.455. The Bertz CT molecular complexity index is 865. The molecule has 3 rings (SSSR count). The molecule has 0 bridgehead atoms. The van der Waals surface area contributed by atoms with E-state index in [0.717, 1.165) is 5.56 Å². The topological polar surface area (TPSA) is 75.8 Å². The van der Waals surface area contributed by atoms with Crippen molar-refractivity contribution in [3.8, 4) is 0 Å². The Morgan fingerprint density at radius 1 is 1.04 bits per heavy atom. The van der Waals surface area contributed by atoms with E-state index >= 15 is 0 Å². The van der Waals surface area contributed by atoms with E-state index in [4.69, 9.17) is 0 Å². The van der Waals surface area contributed by atoms with Crippen molar-refractivity contribution in [1.29, 1.82) is 0 Å². The number of carbonyl (C=O) groups is 1. The van der Waals surface area contributed by atoms with Crippen LogP contribution in [0.4, 0.5) is 11.4 Å². The molecule has 0 unspecified atom stereocenters. The number of carbonyl (C=O) groups excluding carboxylic acids is 1. The number of non-ortho nitro benzene ring substituents is 1. The summed E-state index contributed by atoms with van der Waals surface area (Å²) < 4.78 is 0. The highest BCUT2D eigenvalue weighted by atomic mass is 16.6. The Labute approximate surface area is 138 Å². The molecule has 120 valence electrons. The largest absolute Gasteiger partial charge is 0.280 e. The number of anilines is 1. The van der Waals surface area contributed by atoms with E-state index in [0.29, 0.717) is 22.5 Å². The lowest BCUT2D eigenvalue weighted by Gasteiger charge is -2.11. The number of nitro benzene ring substituents is 1. The molecule has 6 nitrogen and oxygen atoms in total. The monoisotopic (exact) mass is 321 g/mol. The zero-order chi connectivity index (χ0) is 17.3. The maximum Gasteiger partial charge on any atom is 0.280 e. The van der Waals surface area contributed by atoms with Crippen LogP contribution in [0.1, 0.15) is 18.1 Å². The fourth-order valence-electron chi connectivity index (χ4n) is 2.40. The van der Waals surface area contributed by atoms with Gasteiger partial charge in [0.2, 0.25) is 0 Å². The zero-order valence-corrected chi connectivity index (χ0v) is 13.3. The van der Waals surface area contributed by atoms with E-state index in [9.17, 15) is 14.9 Å². The molecule has 1 aliphatic heterocycles. The van der Waals surface area contributed by atoms with Crippen molar-refractivity contribution >= 4 is 29.1 Å². The van der Waals surface area contributed by atoms with Gasteiger partial charge in [0, 0.05) is 12.1 Å². The molecule has 2 aromatic rings. The van der Waals surface area contributed by atoms with Crippen molar-refractivity contribution in [3.63, 3.8) is 0 Å². The molecule has 2 aromatic carbocycles. The van der Waals surface area contributed by atoms with Crippen LogP contribution in [0, 0.1) is 17.0 Å². The number of nitro groups is 1. The lowest BCUT2D eigenvalue weighted by Crippen LogP contribution is -2.21. The first-order valence-electron chi connectivity index (χ1n) is 7.38. The van der Waals surface area contributed by atoms with Crippen LogP contribution in [-0.2, 0) is 4.79 Å². The Morgan fingerprint density at radius 3 is 2.25 bits per heavy atom. The molecule has 24 heavy (non-hydrogen) atoms. The summed E-state index contributed by atoms with van der Waals surface area (Å²) in [6.45, 7) is 3.74. The number of benzene rings is 2. The van der Waals surface area contributed by atoms with Gasteiger partial charge in [0.25, 0.3) is 11.6 Å². The van der Waals surface area contributed by atoms with Crippen LogP contribution in [0.3, 0.4) is 0 Å². The first-order valence-corrected chi connectivity index (χ1v) is 7.38. The Morgan fingerprint density at radius 2 is 1.67 bits per heavy atom. The van der Waals surface area contributed by atoms with Gasteiger partial charge in [0.05, 0.1) is 21.9 Å². The Balaban J connectivity index is 1.89. The molecule has 1 aliphatic rings. The van der Waals surface area contributed by atoms with E-state index in [-0.39, 0.29) is 11.6 Å². The van der Waals surface area contributed by atoms with Crippen LogP contribution in [0.2, 0.25) is 0 Å². The normalized spacial score (nSPS) is 15.8. The van der Waals surface area contributed by atoms with Gasteiger partial charge in [-0.25, -0.2) is 0 Å². The van der Waals surface area contributed by atoms with Gasteiger partial charge in [-0.15, -0.1) is 0 Å². The summed E-state index contributed by atoms with van der Waals surface area (Å²) in [5, 5.41) is 16.4. The van der Waals surface area contributed by atoms with E-state index < -0.39 is 4.92 Å². The highest BCUT2D eigenvalue weighted by Gasteiger charge is 2.28. The van der Waals surface area contributed by atoms with Gasteiger partial charge in [0.1, 0.15) is 0 Å². The minimum Gasteiger partial charge on any atom is -0.267 e. The van der Waals surface area contributed by atoms with E-state index in [1.807, 2.05) is 31.2 Å². The van der Waals surface area contributed by atoms with Gasteiger partial charge in [-0.3, -0.25) is 14.9 Å². The van der Waals surface area contributed by atoms with Crippen molar-refractivity contribution in [1.82, 2.24) is 0 Å². The predicted molar refractivity (Wildman–Crippen MR) is 92.8 cm³/mol. The molecule has 0 aromatic heterocycles. The lowest BCUT2D eigenvalue weighted by atomic mass is 10.1. The van der Waals surface area contributed by atoms with Gasteiger partial charge < -0.3 is 0 Å². The third-order valence-corrected chi connectivity index (χ3v) is 3.76. The van der Waals surface area contributed by atoms with Crippen molar-refractivity contribution < 1.29 is 9.72 Å². The number of nitrogens with zero attached hydrogens (tertiary/aromatic N) is 3. The van der Waals surface area contributed by atoms with Crippen LogP contribution in [0.25, 0.3) is 6.08 Å². The smallest absolute Gasteiger partial charge is 0.267 e. The first kappa shape index (κ1) is 15.6. The third kappa shape index (κ3) is 2.94.